The number of hydrogen-bond donors (Lipinski definition) is 2. The monoisotopic (exact) mass is 158 g/mol. The van der Waals surface area contributed by atoms with Crippen LogP contribution >= 0.6 is 0 Å². The summed E-state index contributed by atoms with van der Waals surface area (Å²) in [6.07, 6.45) is 0. The lowest BCUT2D eigenvalue weighted by molar-refractivity contribution is -0.149. The van der Waals surface area contributed by atoms with Gasteiger partial charge in [-0.05, 0) is 13.8 Å². The summed E-state index contributed by atoms with van der Waals surface area (Å²) in [4.78, 5) is 10.8. The lowest BCUT2D eigenvalue weighted by Crippen LogP contribution is -2.32. The maximum absolute atomic E-state index is 10.8. The number of ether oxygens (including phenoxy) is 1. The molecule has 0 amide bonds. The Kier molecular flexibility index (Phi) is 1.64. The Labute approximate surface area is 64.1 Å². The molecule has 0 bridgehead atoms. The Balaban J connectivity index is 3.03. The van der Waals surface area contributed by atoms with Crippen LogP contribution in [0.4, 0.5) is 0 Å². The molecular weight excluding hydrogens is 148 g/mol. The van der Waals surface area contributed by atoms with Gasteiger partial charge in [0.05, 0.1) is 12.2 Å². The molecule has 1 atom stereocenters. The largest absolute Gasteiger partial charge is 0.507 e. The number of carbonyl (C=O) groups excluding carboxylic acids is 1. The quantitative estimate of drug-likeness (QED) is 0.532. The first-order chi connectivity index (χ1) is 5.01. The second-order valence-electron chi connectivity index (χ2n) is 2.75. The van der Waals surface area contributed by atoms with Gasteiger partial charge in [-0.3, -0.25) is 0 Å². The zero-order chi connectivity index (χ0) is 8.65. The second-order valence-corrected chi connectivity index (χ2v) is 2.75. The summed E-state index contributed by atoms with van der Waals surface area (Å²) in [5.74, 6) is -0.746. The summed E-state index contributed by atoms with van der Waals surface area (Å²) >= 11 is 0. The molecule has 0 saturated heterocycles. The number of esters is 1. The maximum atomic E-state index is 10.8. The minimum absolute atomic E-state index is 0.168. The SMILES string of the molecule is CC1=C(O)[C@](C)(CO)OC1=O. The van der Waals surface area contributed by atoms with Crippen molar-refractivity contribution in [2.45, 2.75) is 19.4 Å². The Hall–Kier alpha value is -1.03. The summed E-state index contributed by atoms with van der Waals surface area (Å²) in [7, 11) is 0. The minimum atomic E-state index is -1.22. The number of rotatable bonds is 1. The molecule has 0 aliphatic carbocycles. The van der Waals surface area contributed by atoms with Gasteiger partial charge in [-0.15, -0.1) is 0 Å². The van der Waals surface area contributed by atoms with Crippen LogP contribution in [0.5, 0.6) is 0 Å². The van der Waals surface area contributed by atoms with Crippen molar-refractivity contribution in [3.8, 4) is 0 Å². The zero-order valence-electron chi connectivity index (χ0n) is 6.42. The van der Waals surface area contributed by atoms with Crippen LogP contribution in [0.1, 0.15) is 13.8 Å². The molecular formula is C7H10O4. The van der Waals surface area contributed by atoms with Crippen molar-refractivity contribution in [1.82, 2.24) is 0 Å². The molecule has 1 rings (SSSR count). The summed E-state index contributed by atoms with van der Waals surface area (Å²) in [5.41, 5.74) is -1.05. The van der Waals surface area contributed by atoms with Crippen molar-refractivity contribution in [2.75, 3.05) is 6.61 Å². The number of hydrogen-bond acceptors (Lipinski definition) is 4. The van der Waals surface area contributed by atoms with Gasteiger partial charge < -0.3 is 14.9 Å². The van der Waals surface area contributed by atoms with Gasteiger partial charge in [0.2, 0.25) is 0 Å². The maximum Gasteiger partial charge on any atom is 0.338 e. The third kappa shape index (κ3) is 0.991. The highest BCUT2D eigenvalue weighted by atomic mass is 16.6. The van der Waals surface area contributed by atoms with E-state index in [9.17, 15) is 9.90 Å². The van der Waals surface area contributed by atoms with E-state index >= 15 is 0 Å². The van der Waals surface area contributed by atoms with Gasteiger partial charge in [0, 0.05) is 0 Å². The summed E-state index contributed by atoms with van der Waals surface area (Å²) in [6, 6.07) is 0. The molecule has 11 heavy (non-hydrogen) atoms. The van der Waals surface area contributed by atoms with Crippen molar-refractivity contribution < 1.29 is 19.7 Å². The predicted molar refractivity (Wildman–Crippen MR) is 36.9 cm³/mol. The summed E-state index contributed by atoms with van der Waals surface area (Å²) < 4.78 is 4.71. The first-order valence-corrected chi connectivity index (χ1v) is 3.26. The van der Waals surface area contributed by atoms with E-state index in [4.69, 9.17) is 9.84 Å². The number of carbonyl (C=O) groups is 1. The standard InChI is InChI=1S/C7H10O4/c1-4-5(9)7(2,3-8)11-6(4)10/h8-9H,3H2,1-2H3/t7-/m0/s1. The lowest BCUT2D eigenvalue weighted by Gasteiger charge is -2.19. The van der Waals surface area contributed by atoms with Crippen LogP contribution in [-0.4, -0.2) is 28.4 Å². The molecule has 0 aromatic rings. The van der Waals surface area contributed by atoms with E-state index in [1.165, 1.54) is 13.8 Å². The molecule has 0 aromatic heterocycles. The molecule has 0 saturated carbocycles. The highest BCUT2D eigenvalue weighted by Gasteiger charge is 2.42. The smallest absolute Gasteiger partial charge is 0.338 e. The normalized spacial score (nSPS) is 31.0. The average molecular weight is 158 g/mol. The molecule has 0 radical (unpaired) electrons. The average Bonchev–Trinajstić information content (AvgIpc) is 2.17. The van der Waals surface area contributed by atoms with E-state index in [0.29, 0.717) is 0 Å². The summed E-state index contributed by atoms with van der Waals surface area (Å²) in [6.45, 7) is 2.51. The van der Waals surface area contributed by atoms with Gasteiger partial charge in [-0.2, -0.15) is 0 Å². The van der Waals surface area contributed by atoms with Crippen LogP contribution in [0, 0.1) is 0 Å². The second kappa shape index (κ2) is 2.23. The van der Waals surface area contributed by atoms with Crippen LogP contribution in [0.15, 0.2) is 11.3 Å². The van der Waals surface area contributed by atoms with Crippen LogP contribution in [-0.2, 0) is 9.53 Å². The molecule has 1 aliphatic rings. The van der Waals surface area contributed by atoms with Crippen molar-refractivity contribution >= 4 is 5.97 Å². The number of aliphatic hydroxyl groups is 2. The molecule has 0 spiro atoms. The van der Waals surface area contributed by atoms with Gasteiger partial charge in [-0.25, -0.2) is 4.79 Å². The van der Waals surface area contributed by atoms with Gasteiger partial charge in [0.1, 0.15) is 5.76 Å². The zero-order valence-corrected chi connectivity index (χ0v) is 6.42. The van der Waals surface area contributed by atoms with Gasteiger partial charge in [0.25, 0.3) is 0 Å². The predicted octanol–water partition coefficient (Wildman–Crippen LogP) is 0.126. The molecule has 4 nitrogen and oxygen atoms in total. The van der Waals surface area contributed by atoms with Crippen molar-refractivity contribution in [3.05, 3.63) is 11.3 Å². The molecule has 62 valence electrons. The molecule has 1 heterocycles. The third-order valence-corrected chi connectivity index (χ3v) is 1.78. The third-order valence-electron chi connectivity index (χ3n) is 1.78. The van der Waals surface area contributed by atoms with Crippen molar-refractivity contribution in [1.29, 1.82) is 0 Å². The first kappa shape index (κ1) is 8.07. The number of aliphatic hydroxyl groups excluding tert-OH is 2. The first-order valence-electron chi connectivity index (χ1n) is 3.26. The lowest BCUT2D eigenvalue weighted by atomic mass is 10.1. The Morgan fingerprint density at radius 1 is 1.64 bits per heavy atom. The Morgan fingerprint density at radius 3 is 2.36 bits per heavy atom. The molecule has 0 unspecified atom stereocenters. The van der Waals surface area contributed by atoms with E-state index in [2.05, 4.69) is 0 Å². The highest BCUT2D eigenvalue weighted by molar-refractivity contribution is 5.91. The van der Waals surface area contributed by atoms with E-state index < -0.39 is 18.2 Å². The minimum Gasteiger partial charge on any atom is -0.507 e. The highest BCUT2D eigenvalue weighted by Crippen LogP contribution is 2.29. The molecule has 1 aliphatic heterocycles. The van der Waals surface area contributed by atoms with E-state index in [-0.39, 0.29) is 11.3 Å². The summed E-state index contributed by atoms with van der Waals surface area (Å²) in [5, 5.41) is 18.0. The molecule has 0 fully saturated rings. The topological polar surface area (TPSA) is 66.8 Å². The fraction of sp³-hybridized carbons (Fsp3) is 0.571. The molecule has 2 N–H and O–H groups in total. The van der Waals surface area contributed by atoms with Crippen molar-refractivity contribution in [2.24, 2.45) is 0 Å². The van der Waals surface area contributed by atoms with Crippen LogP contribution in [0.25, 0.3) is 0 Å². The molecule has 0 aromatic carbocycles. The van der Waals surface area contributed by atoms with Crippen molar-refractivity contribution in [3.63, 3.8) is 0 Å². The van der Waals surface area contributed by atoms with Crippen LogP contribution < -0.4 is 0 Å². The molecule has 4 heteroatoms. The Morgan fingerprint density at radius 2 is 2.18 bits per heavy atom. The van der Waals surface area contributed by atoms with Crippen LogP contribution in [0.3, 0.4) is 0 Å². The van der Waals surface area contributed by atoms with E-state index in [0.717, 1.165) is 0 Å². The van der Waals surface area contributed by atoms with E-state index in [1.807, 2.05) is 0 Å². The Bertz CT molecular complexity index is 231. The van der Waals surface area contributed by atoms with Gasteiger partial charge >= 0.3 is 5.97 Å². The fourth-order valence-electron chi connectivity index (χ4n) is 0.930. The van der Waals surface area contributed by atoms with Gasteiger partial charge in [0.15, 0.2) is 5.60 Å². The van der Waals surface area contributed by atoms with Gasteiger partial charge in [-0.1, -0.05) is 0 Å². The van der Waals surface area contributed by atoms with E-state index in [1.54, 1.807) is 0 Å². The fourth-order valence-corrected chi connectivity index (χ4v) is 0.930. The van der Waals surface area contributed by atoms with Crippen LogP contribution in [0.2, 0.25) is 0 Å². The number of cyclic esters (lactones) is 1.